The van der Waals surface area contributed by atoms with Gasteiger partial charge in [0.05, 0.1) is 76.0 Å². The van der Waals surface area contributed by atoms with Crippen molar-refractivity contribution in [2.24, 2.45) is 0 Å². The Morgan fingerprint density at radius 2 is 1.48 bits per heavy atom. The molecule has 19 heteroatoms. The van der Waals surface area contributed by atoms with Crippen molar-refractivity contribution in [1.29, 1.82) is 0 Å². The van der Waals surface area contributed by atoms with Gasteiger partial charge < -0.3 is 34.5 Å². The number of pyridine rings is 1. The Bertz CT molecular complexity index is 3350. The summed E-state index contributed by atoms with van der Waals surface area (Å²) < 4.78 is 19.8. The van der Waals surface area contributed by atoms with Crippen LogP contribution in [0.4, 0.5) is 5.82 Å². The van der Waals surface area contributed by atoms with Gasteiger partial charge in [-0.2, -0.15) is 9.99 Å². The number of halogens is 2. The summed E-state index contributed by atoms with van der Waals surface area (Å²) in [6.45, 7) is 20.0. The molecular weight excluding hydrogens is 1070 g/mol. The number of aromatic amines is 1. The summed E-state index contributed by atoms with van der Waals surface area (Å²) >= 11 is 12.6. The van der Waals surface area contributed by atoms with Crippen molar-refractivity contribution >= 4 is 72.5 Å². The van der Waals surface area contributed by atoms with Crippen LogP contribution in [0.1, 0.15) is 60.3 Å². The minimum Gasteiger partial charge on any atom is -0.508 e. The van der Waals surface area contributed by atoms with Crippen LogP contribution in [0, 0.1) is 13.8 Å². The topological polar surface area (TPSA) is 162 Å². The Kier molecular flexibility index (Phi) is 20.9. The van der Waals surface area contributed by atoms with E-state index in [2.05, 4.69) is 157 Å². The fourth-order valence-corrected chi connectivity index (χ4v) is 11.6. The van der Waals surface area contributed by atoms with E-state index in [1.807, 2.05) is 36.4 Å². The number of hydrogen-bond donors (Lipinski definition) is 6. The van der Waals surface area contributed by atoms with Crippen molar-refractivity contribution in [2.75, 3.05) is 117 Å². The number of ether oxygens (including phenoxy) is 3. The minimum absolute atomic E-state index is 0.118. The van der Waals surface area contributed by atoms with Crippen molar-refractivity contribution in [1.82, 2.24) is 50.6 Å². The lowest BCUT2D eigenvalue weighted by atomic mass is 9.96. The number of fused-ring (bicyclic) bond motifs is 5. The number of piperazine rings is 1. The second-order valence-electron chi connectivity index (χ2n) is 21.6. The quantitative estimate of drug-likeness (QED) is 0.0110. The predicted octanol–water partition coefficient (Wildman–Crippen LogP) is 8.43. The summed E-state index contributed by atoms with van der Waals surface area (Å²) in [5.41, 5.74) is 18.3. The van der Waals surface area contributed by atoms with Gasteiger partial charge >= 0.3 is 0 Å². The maximum atomic E-state index is 10.2. The number of hydrogen-bond acceptors (Lipinski definition) is 14. The molecule has 5 heterocycles. The number of anilines is 1. The number of aromatic hydroxyl groups is 1. The van der Waals surface area contributed by atoms with E-state index in [9.17, 15) is 5.11 Å². The molecule has 0 spiro atoms. The molecule has 0 amide bonds. The van der Waals surface area contributed by atoms with Crippen molar-refractivity contribution in [3.63, 3.8) is 0 Å². The predicted molar refractivity (Wildman–Crippen MR) is 328 cm³/mol. The number of nitrogens with two attached hydrogens (primary N) is 1. The van der Waals surface area contributed by atoms with Gasteiger partial charge in [0.25, 0.3) is 0 Å². The van der Waals surface area contributed by atoms with Crippen LogP contribution in [0.2, 0.25) is 10.0 Å². The fourth-order valence-electron chi connectivity index (χ4n) is 11.3. The van der Waals surface area contributed by atoms with Crippen LogP contribution >= 0.6 is 23.2 Å². The number of allylic oxidation sites excluding steroid dienone is 1. The van der Waals surface area contributed by atoms with E-state index < -0.39 is 0 Å². The molecule has 82 heavy (non-hydrogen) atoms. The molecule has 434 valence electrons. The summed E-state index contributed by atoms with van der Waals surface area (Å²) in [7, 11) is 2.21. The van der Waals surface area contributed by atoms with E-state index in [4.69, 9.17) is 47.4 Å². The number of phenols is 1. The average molecular weight is 1160 g/mol. The lowest BCUT2D eigenvalue weighted by molar-refractivity contribution is -0.703. The molecule has 0 saturated carbocycles. The van der Waals surface area contributed by atoms with E-state index in [0.29, 0.717) is 52.9 Å². The zero-order chi connectivity index (χ0) is 56.8. The van der Waals surface area contributed by atoms with E-state index in [1.165, 1.54) is 38.7 Å². The molecule has 0 unspecified atom stereocenters. The van der Waals surface area contributed by atoms with Crippen molar-refractivity contribution in [3.05, 3.63) is 159 Å². The Labute approximate surface area is 492 Å². The first-order valence-electron chi connectivity index (χ1n) is 29.1. The zero-order valence-electron chi connectivity index (χ0n) is 48.0. The smallest absolute Gasteiger partial charge is 0.214 e. The SMILES string of the molecule is CCN(CCOCCOCCOCCN1C=C(CCCN(C)CCCNc2nc(CN3CCN(C(c4ccc(Cl)cc4)c4ccc(Cl)cc4)CC3)nc3ccccc23)[NH2+]N1)NC[n+]1ccc2c(C)c3[nH]c4ccc(O)cc4c3c(C)c2c1. The molecular formula is C63H81Cl2N13O4+2. The maximum Gasteiger partial charge on any atom is 0.214 e. The van der Waals surface area contributed by atoms with Crippen LogP contribution in [-0.4, -0.2) is 157 Å². The molecule has 7 N–H and O–H groups in total. The highest BCUT2D eigenvalue weighted by Crippen LogP contribution is 2.37. The number of phenolic OH excluding ortho intramolecular Hbond substituents is 1. The molecule has 2 aliphatic heterocycles. The van der Waals surface area contributed by atoms with Gasteiger partial charge in [-0.1, -0.05) is 72.1 Å². The molecule has 2 aliphatic rings. The number of quaternary nitrogens is 1. The molecule has 0 aliphatic carbocycles. The highest BCUT2D eigenvalue weighted by molar-refractivity contribution is 6.30. The largest absolute Gasteiger partial charge is 0.508 e. The van der Waals surface area contributed by atoms with Crippen LogP contribution in [0.25, 0.3) is 43.5 Å². The van der Waals surface area contributed by atoms with Crippen LogP contribution in [0.5, 0.6) is 5.75 Å². The summed E-state index contributed by atoms with van der Waals surface area (Å²) in [6, 6.07) is 32.6. The van der Waals surface area contributed by atoms with Gasteiger partial charge in [-0.3, -0.25) is 14.8 Å². The second-order valence-corrected chi connectivity index (χ2v) is 22.4. The molecule has 0 radical (unpaired) electrons. The van der Waals surface area contributed by atoms with E-state index in [0.717, 1.165) is 139 Å². The van der Waals surface area contributed by atoms with Gasteiger partial charge in [0, 0.05) is 95.4 Å². The number of aryl methyl sites for hydroxylation is 2. The van der Waals surface area contributed by atoms with Crippen LogP contribution in [-0.2, 0) is 27.4 Å². The monoisotopic (exact) mass is 1150 g/mol. The average Bonchev–Trinajstić information content (AvgIpc) is 4.32. The Hall–Kier alpha value is -6.03. The van der Waals surface area contributed by atoms with E-state index in [1.54, 1.807) is 6.07 Å². The Morgan fingerprint density at radius 3 is 2.22 bits per heavy atom. The fraction of sp³-hybridized carbons (Fsp3) is 0.413. The molecule has 5 aromatic carbocycles. The second kappa shape index (κ2) is 29.0. The number of H-pyrrole nitrogens is 1. The third-order valence-electron chi connectivity index (χ3n) is 15.9. The number of aromatic nitrogens is 4. The molecule has 1 saturated heterocycles. The lowest BCUT2D eigenvalue weighted by Gasteiger charge is -2.39. The number of likely N-dealkylation sites (N-methyl/N-ethyl adjacent to an activating group) is 1. The maximum absolute atomic E-state index is 10.2. The number of para-hydroxylation sites is 1. The number of rotatable bonds is 30. The summed E-state index contributed by atoms with van der Waals surface area (Å²) in [5.74, 6) is 2.03. The number of nitrogens with zero attached hydrogens (tertiary/aromatic N) is 8. The standard InChI is InChI=1S/C63H79Cl2N13O4/c1-5-77(67-44-75-27-23-53-46(3)61-60(45(2)56(53)42-75)55-40-52(79)21-22-58(55)69-61)32-34-80-36-38-82-39-37-81-35-33-78-41-51(71-72-78)10-8-25-73(4)26-9-24-66-63-54-11-6-7-12-57(54)68-59(70-63)43-74-28-30-76(31-29-74)62(47-13-17-49(64)18-14-47)48-15-19-50(65)20-16-48/h6-7,11-23,27,40-42,62,67,71-72H,5,8-10,24-26,28-39,43-44H2,1-4H3,(H2,66,68,70,79)/p+2. The molecule has 0 bridgehead atoms. The summed E-state index contributed by atoms with van der Waals surface area (Å²) in [6.07, 6.45) is 9.63. The van der Waals surface area contributed by atoms with E-state index >= 15 is 0 Å². The molecule has 0 atom stereocenters. The number of hydrazine groups is 2. The third-order valence-corrected chi connectivity index (χ3v) is 16.4. The van der Waals surface area contributed by atoms with Gasteiger partial charge in [0.2, 0.25) is 6.67 Å². The number of benzene rings is 5. The molecule has 1 fully saturated rings. The highest BCUT2D eigenvalue weighted by Gasteiger charge is 2.28. The number of nitrogens with one attached hydrogen (secondary N) is 4. The molecule has 8 aromatic rings. The Morgan fingerprint density at radius 1 is 0.768 bits per heavy atom. The normalized spacial score (nSPS) is 14.5. The van der Waals surface area contributed by atoms with Crippen LogP contribution < -0.4 is 26.3 Å². The van der Waals surface area contributed by atoms with Gasteiger partial charge in [-0.15, -0.1) is 0 Å². The van der Waals surface area contributed by atoms with Crippen molar-refractivity contribution < 1.29 is 29.3 Å². The van der Waals surface area contributed by atoms with Gasteiger partial charge in [0.15, 0.2) is 12.4 Å². The molecule has 10 rings (SSSR count). The van der Waals surface area contributed by atoms with Crippen LogP contribution in [0.3, 0.4) is 0 Å². The lowest BCUT2D eigenvalue weighted by Crippen LogP contribution is -2.90. The molecule has 17 nitrogen and oxygen atoms in total. The van der Waals surface area contributed by atoms with Gasteiger partial charge in [-0.25, -0.2) is 20.4 Å². The van der Waals surface area contributed by atoms with Crippen molar-refractivity contribution in [3.8, 4) is 5.75 Å². The first kappa shape index (κ1) is 59.1. The molecule has 3 aromatic heterocycles. The zero-order valence-corrected chi connectivity index (χ0v) is 49.5. The summed E-state index contributed by atoms with van der Waals surface area (Å²) in [5, 5.41) is 25.3. The summed E-state index contributed by atoms with van der Waals surface area (Å²) in [4.78, 5) is 21.1. The third kappa shape index (κ3) is 15.4. The minimum atomic E-state index is 0.118. The Balaban J connectivity index is 0.560. The van der Waals surface area contributed by atoms with Gasteiger partial charge in [-0.05, 0) is 129 Å². The van der Waals surface area contributed by atoms with Gasteiger partial charge in [0.1, 0.15) is 23.1 Å². The van der Waals surface area contributed by atoms with Crippen LogP contribution in [0.15, 0.2) is 121 Å². The highest BCUT2D eigenvalue weighted by atomic mass is 35.5. The first-order chi connectivity index (χ1) is 40.1. The first-order valence-corrected chi connectivity index (χ1v) is 29.8. The van der Waals surface area contributed by atoms with Crippen molar-refractivity contribution in [2.45, 2.75) is 59.3 Å². The van der Waals surface area contributed by atoms with E-state index in [-0.39, 0.29) is 11.8 Å².